The number of carbonyl (C=O) groups is 1. The Kier molecular flexibility index (Phi) is 3.54. The van der Waals surface area contributed by atoms with Crippen molar-refractivity contribution in [3.8, 4) is 0 Å². The lowest BCUT2D eigenvalue weighted by molar-refractivity contribution is -0.115. The van der Waals surface area contributed by atoms with Gasteiger partial charge >= 0.3 is 0 Å². The van der Waals surface area contributed by atoms with E-state index in [1.165, 1.54) is 28.9 Å². The van der Waals surface area contributed by atoms with E-state index in [-0.39, 0.29) is 12.1 Å². The molecule has 2 heterocycles. The molecule has 7 heteroatoms. The predicted molar refractivity (Wildman–Crippen MR) is 73.8 cm³/mol. The molecule has 22 heavy (non-hydrogen) atoms. The monoisotopic (exact) mass is 305 g/mol. The second kappa shape index (κ2) is 5.51. The maximum absolute atomic E-state index is 13.4. The van der Waals surface area contributed by atoms with Crippen LogP contribution in [0.2, 0.25) is 0 Å². The Morgan fingerprint density at radius 3 is 2.68 bits per heavy atom. The first-order valence-electron chi connectivity index (χ1n) is 6.39. The Bertz CT molecular complexity index is 860. The SMILES string of the molecule is O=C(Cc1cn2cc(F)ccc2n1)Nc1cc(F)ccc1F. The largest absolute Gasteiger partial charge is 0.323 e. The van der Waals surface area contributed by atoms with Crippen LogP contribution in [0.1, 0.15) is 5.69 Å². The van der Waals surface area contributed by atoms with Crippen LogP contribution < -0.4 is 5.32 Å². The Balaban J connectivity index is 1.76. The first kappa shape index (κ1) is 14.1. The highest BCUT2D eigenvalue weighted by molar-refractivity contribution is 5.92. The third-order valence-corrected chi connectivity index (χ3v) is 3.01. The van der Waals surface area contributed by atoms with E-state index in [9.17, 15) is 18.0 Å². The van der Waals surface area contributed by atoms with Gasteiger partial charge in [0.05, 0.1) is 17.8 Å². The second-order valence-corrected chi connectivity index (χ2v) is 4.69. The Morgan fingerprint density at radius 2 is 1.86 bits per heavy atom. The molecule has 0 saturated heterocycles. The molecule has 0 aliphatic carbocycles. The minimum absolute atomic E-state index is 0.140. The lowest BCUT2D eigenvalue weighted by Crippen LogP contribution is -2.15. The molecule has 3 aromatic rings. The Morgan fingerprint density at radius 1 is 1.09 bits per heavy atom. The molecule has 0 bridgehead atoms. The van der Waals surface area contributed by atoms with Gasteiger partial charge in [-0.2, -0.15) is 0 Å². The summed E-state index contributed by atoms with van der Waals surface area (Å²) in [6.45, 7) is 0. The van der Waals surface area contributed by atoms with Gasteiger partial charge in [0.15, 0.2) is 0 Å². The van der Waals surface area contributed by atoms with Crippen LogP contribution in [0.3, 0.4) is 0 Å². The molecule has 3 rings (SSSR count). The van der Waals surface area contributed by atoms with E-state index >= 15 is 0 Å². The number of hydrogen-bond donors (Lipinski definition) is 1. The van der Waals surface area contributed by atoms with E-state index in [1.807, 2.05) is 0 Å². The summed E-state index contributed by atoms with van der Waals surface area (Å²) in [5.74, 6) is -2.36. The summed E-state index contributed by atoms with van der Waals surface area (Å²) >= 11 is 0. The lowest BCUT2D eigenvalue weighted by Gasteiger charge is -2.05. The van der Waals surface area contributed by atoms with Gasteiger partial charge in [0.2, 0.25) is 5.91 Å². The minimum Gasteiger partial charge on any atom is -0.323 e. The van der Waals surface area contributed by atoms with Crippen molar-refractivity contribution >= 4 is 17.2 Å². The summed E-state index contributed by atoms with van der Waals surface area (Å²) in [6, 6.07) is 5.52. The van der Waals surface area contributed by atoms with Gasteiger partial charge in [-0.15, -0.1) is 0 Å². The quantitative estimate of drug-likeness (QED) is 0.808. The van der Waals surface area contributed by atoms with Gasteiger partial charge in [-0.1, -0.05) is 0 Å². The van der Waals surface area contributed by atoms with Gasteiger partial charge in [0.25, 0.3) is 0 Å². The topological polar surface area (TPSA) is 46.4 Å². The third kappa shape index (κ3) is 2.93. The molecule has 1 N–H and O–H groups in total. The summed E-state index contributed by atoms with van der Waals surface area (Å²) in [6.07, 6.45) is 2.59. The third-order valence-electron chi connectivity index (χ3n) is 3.01. The summed E-state index contributed by atoms with van der Waals surface area (Å²) < 4.78 is 41.0. The maximum atomic E-state index is 13.4. The zero-order chi connectivity index (χ0) is 15.7. The van der Waals surface area contributed by atoms with Crippen LogP contribution in [-0.2, 0) is 11.2 Å². The number of rotatable bonds is 3. The minimum atomic E-state index is -0.730. The molecule has 0 saturated carbocycles. The van der Waals surface area contributed by atoms with Gasteiger partial charge in [-0.05, 0) is 24.3 Å². The van der Waals surface area contributed by atoms with Crippen LogP contribution in [0, 0.1) is 17.5 Å². The zero-order valence-electron chi connectivity index (χ0n) is 11.2. The summed E-state index contributed by atoms with van der Waals surface area (Å²) in [4.78, 5) is 16.0. The van der Waals surface area contributed by atoms with E-state index in [1.54, 1.807) is 0 Å². The van der Waals surface area contributed by atoms with Crippen molar-refractivity contribution in [2.45, 2.75) is 6.42 Å². The number of aromatic nitrogens is 2. The van der Waals surface area contributed by atoms with E-state index in [2.05, 4.69) is 10.3 Å². The Hall–Kier alpha value is -2.83. The van der Waals surface area contributed by atoms with E-state index < -0.39 is 23.4 Å². The number of halogens is 3. The number of anilines is 1. The molecule has 112 valence electrons. The van der Waals surface area contributed by atoms with Crippen molar-refractivity contribution in [1.29, 1.82) is 0 Å². The molecular formula is C15H10F3N3O. The average Bonchev–Trinajstić information content (AvgIpc) is 2.84. The number of hydrogen-bond acceptors (Lipinski definition) is 2. The smallest absolute Gasteiger partial charge is 0.230 e. The number of benzene rings is 1. The van der Waals surface area contributed by atoms with Crippen molar-refractivity contribution < 1.29 is 18.0 Å². The predicted octanol–water partition coefficient (Wildman–Crippen LogP) is 2.93. The lowest BCUT2D eigenvalue weighted by atomic mass is 10.2. The van der Waals surface area contributed by atoms with Crippen molar-refractivity contribution in [2.75, 3.05) is 5.32 Å². The van der Waals surface area contributed by atoms with Gasteiger partial charge in [-0.25, -0.2) is 18.2 Å². The molecule has 4 nitrogen and oxygen atoms in total. The summed E-state index contributed by atoms with van der Waals surface area (Å²) in [7, 11) is 0. The van der Waals surface area contributed by atoms with Crippen LogP contribution in [0.5, 0.6) is 0 Å². The van der Waals surface area contributed by atoms with Crippen LogP contribution in [-0.4, -0.2) is 15.3 Å². The highest BCUT2D eigenvalue weighted by Gasteiger charge is 2.11. The van der Waals surface area contributed by atoms with Gasteiger partial charge in [-0.3, -0.25) is 4.79 Å². The average molecular weight is 305 g/mol. The van der Waals surface area contributed by atoms with Crippen molar-refractivity contribution in [2.24, 2.45) is 0 Å². The number of pyridine rings is 1. The Labute approximate surface area is 123 Å². The highest BCUT2D eigenvalue weighted by atomic mass is 19.1. The molecular weight excluding hydrogens is 295 g/mol. The van der Waals surface area contributed by atoms with Gasteiger partial charge < -0.3 is 9.72 Å². The number of nitrogens with zero attached hydrogens (tertiary/aromatic N) is 2. The number of amides is 1. The van der Waals surface area contributed by atoms with Crippen LogP contribution in [0.15, 0.2) is 42.7 Å². The van der Waals surface area contributed by atoms with E-state index in [0.29, 0.717) is 11.3 Å². The molecule has 0 spiro atoms. The first-order chi connectivity index (χ1) is 10.5. The van der Waals surface area contributed by atoms with Crippen molar-refractivity contribution in [3.05, 3.63) is 65.9 Å². The number of carbonyl (C=O) groups excluding carboxylic acids is 1. The molecule has 0 radical (unpaired) electrons. The molecule has 1 amide bonds. The van der Waals surface area contributed by atoms with Crippen molar-refractivity contribution in [3.63, 3.8) is 0 Å². The number of nitrogens with one attached hydrogen (secondary N) is 1. The number of imidazole rings is 1. The molecule has 2 aromatic heterocycles. The second-order valence-electron chi connectivity index (χ2n) is 4.69. The number of fused-ring (bicyclic) bond motifs is 1. The van der Waals surface area contributed by atoms with Gasteiger partial charge in [0, 0.05) is 18.5 Å². The summed E-state index contributed by atoms with van der Waals surface area (Å²) in [5.41, 5.74) is 0.640. The maximum Gasteiger partial charge on any atom is 0.230 e. The molecule has 0 unspecified atom stereocenters. The highest BCUT2D eigenvalue weighted by Crippen LogP contribution is 2.16. The van der Waals surface area contributed by atoms with Crippen LogP contribution in [0.25, 0.3) is 5.65 Å². The standard InChI is InChI=1S/C15H10F3N3O/c16-9-1-3-12(18)13(5-9)20-15(22)6-11-8-21-7-10(17)2-4-14(21)19-11/h1-5,7-8H,6H2,(H,20,22). The van der Waals surface area contributed by atoms with Crippen molar-refractivity contribution in [1.82, 2.24) is 9.38 Å². The fourth-order valence-corrected chi connectivity index (χ4v) is 2.05. The summed E-state index contributed by atoms with van der Waals surface area (Å²) in [5, 5.41) is 2.28. The zero-order valence-corrected chi connectivity index (χ0v) is 11.2. The normalized spacial score (nSPS) is 10.9. The fourth-order valence-electron chi connectivity index (χ4n) is 2.05. The fraction of sp³-hybridized carbons (Fsp3) is 0.0667. The molecule has 0 atom stereocenters. The molecule has 0 aliphatic rings. The molecule has 0 aliphatic heterocycles. The van der Waals surface area contributed by atoms with Crippen LogP contribution in [0.4, 0.5) is 18.9 Å². The van der Waals surface area contributed by atoms with Crippen LogP contribution >= 0.6 is 0 Å². The van der Waals surface area contributed by atoms with E-state index in [0.717, 1.165) is 18.2 Å². The van der Waals surface area contributed by atoms with E-state index in [4.69, 9.17) is 0 Å². The first-order valence-corrected chi connectivity index (χ1v) is 6.39. The molecule has 1 aromatic carbocycles. The molecule has 0 fully saturated rings. The van der Waals surface area contributed by atoms with Gasteiger partial charge in [0.1, 0.15) is 23.1 Å².